The van der Waals surface area contributed by atoms with Crippen molar-refractivity contribution in [3.8, 4) is 0 Å². The van der Waals surface area contributed by atoms with Crippen molar-refractivity contribution >= 4 is 17.1 Å². The summed E-state index contributed by atoms with van der Waals surface area (Å²) >= 11 is 1.50. The summed E-state index contributed by atoms with van der Waals surface area (Å²) in [6, 6.07) is 3.22. The van der Waals surface area contributed by atoms with E-state index in [1.54, 1.807) is 4.68 Å². The summed E-state index contributed by atoms with van der Waals surface area (Å²) in [5.74, 6) is 0.664. The van der Waals surface area contributed by atoms with Gasteiger partial charge in [-0.25, -0.2) is 9.67 Å². The average molecular weight is 264 g/mol. The molecule has 6 heteroatoms. The topological polar surface area (TPSA) is 73.8 Å². The normalized spacial score (nSPS) is 12.6. The molecule has 2 aromatic heterocycles. The molecule has 0 saturated heterocycles. The van der Waals surface area contributed by atoms with Gasteiger partial charge in [0.2, 0.25) is 0 Å². The Morgan fingerprint density at radius 2 is 2.44 bits per heavy atom. The van der Waals surface area contributed by atoms with Crippen LogP contribution in [-0.2, 0) is 17.8 Å². The molecule has 0 aliphatic carbocycles. The van der Waals surface area contributed by atoms with Gasteiger partial charge in [0.25, 0.3) is 0 Å². The summed E-state index contributed by atoms with van der Waals surface area (Å²) in [6.45, 7) is 2.83. The van der Waals surface area contributed by atoms with Crippen LogP contribution >= 0.6 is 11.3 Å². The van der Waals surface area contributed by atoms with Crippen molar-refractivity contribution in [2.24, 2.45) is 5.73 Å². The van der Waals surface area contributed by atoms with E-state index < -0.39 is 6.04 Å². The number of aromatic nitrogens is 3. The number of nitrogens with zero attached hydrogens (tertiary/aromatic N) is 3. The monoisotopic (exact) mass is 264 g/mol. The van der Waals surface area contributed by atoms with E-state index in [4.69, 9.17) is 5.73 Å². The van der Waals surface area contributed by atoms with E-state index in [2.05, 4.69) is 17.0 Å². The summed E-state index contributed by atoms with van der Waals surface area (Å²) in [6.07, 6.45) is 2.68. The van der Waals surface area contributed by atoms with Crippen molar-refractivity contribution in [2.45, 2.75) is 32.4 Å². The Hall–Kier alpha value is -1.53. The van der Waals surface area contributed by atoms with Crippen LogP contribution in [0.3, 0.4) is 0 Å². The average Bonchev–Trinajstić information content (AvgIpc) is 3.00. The number of hydrogen-bond donors (Lipinski definition) is 1. The van der Waals surface area contributed by atoms with Crippen LogP contribution in [-0.4, -0.2) is 20.5 Å². The van der Waals surface area contributed by atoms with Gasteiger partial charge in [0.15, 0.2) is 5.78 Å². The van der Waals surface area contributed by atoms with Gasteiger partial charge in [0.1, 0.15) is 12.2 Å². The zero-order valence-corrected chi connectivity index (χ0v) is 11.1. The van der Waals surface area contributed by atoms with E-state index in [0.717, 1.165) is 17.8 Å². The molecule has 0 amide bonds. The zero-order chi connectivity index (χ0) is 13.0. The SMILES string of the molecule is CCCn1ncnc1CC(=O)C(N)c1cccs1. The van der Waals surface area contributed by atoms with Crippen molar-refractivity contribution < 1.29 is 4.79 Å². The van der Waals surface area contributed by atoms with Crippen LogP contribution < -0.4 is 5.73 Å². The van der Waals surface area contributed by atoms with Gasteiger partial charge in [0, 0.05) is 11.4 Å². The van der Waals surface area contributed by atoms with Crippen LogP contribution in [0.15, 0.2) is 23.8 Å². The summed E-state index contributed by atoms with van der Waals surface area (Å²) in [4.78, 5) is 17.1. The second-order valence-corrected chi connectivity index (χ2v) is 5.01. The highest BCUT2D eigenvalue weighted by Crippen LogP contribution is 2.18. The van der Waals surface area contributed by atoms with Gasteiger partial charge in [0.05, 0.1) is 12.5 Å². The molecule has 0 fully saturated rings. The van der Waals surface area contributed by atoms with E-state index in [1.807, 2.05) is 17.5 Å². The van der Waals surface area contributed by atoms with Crippen LogP contribution in [0.5, 0.6) is 0 Å². The Bertz CT molecular complexity index is 506. The molecule has 5 nitrogen and oxygen atoms in total. The third-order valence-electron chi connectivity index (χ3n) is 2.66. The number of rotatable bonds is 6. The van der Waals surface area contributed by atoms with Gasteiger partial charge in [-0.2, -0.15) is 5.10 Å². The van der Waals surface area contributed by atoms with E-state index >= 15 is 0 Å². The number of ketones is 1. The lowest BCUT2D eigenvalue weighted by Crippen LogP contribution is -2.23. The number of aryl methyl sites for hydroxylation is 1. The van der Waals surface area contributed by atoms with Crippen LogP contribution in [0, 0.1) is 0 Å². The molecule has 2 aromatic rings. The molecule has 1 atom stereocenters. The second kappa shape index (κ2) is 5.88. The fourth-order valence-electron chi connectivity index (χ4n) is 1.72. The van der Waals surface area contributed by atoms with Gasteiger partial charge in [-0.3, -0.25) is 4.79 Å². The van der Waals surface area contributed by atoms with E-state index in [0.29, 0.717) is 5.82 Å². The van der Waals surface area contributed by atoms with Crippen LogP contribution in [0.1, 0.15) is 30.1 Å². The third kappa shape index (κ3) is 2.83. The van der Waals surface area contributed by atoms with Gasteiger partial charge >= 0.3 is 0 Å². The quantitative estimate of drug-likeness (QED) is 0.859. The minimum atomic E-state index is -0.559. The van der Waals surface area contributed by atoms with Crippen LogP contribution in [0.4, 0.5) is 0 Å². The summed E-state index contributed by atoms with van der Waals surface area (Å²) in [7, 11) is 0. The lowest BCUT2D eigenvalue weighted by Gasteiger charge is -2.08. The van der Waals surface area contributed by atoms with Gasteiger partial charge < -0.3 is 5.73 Å². The first kappa shape index (κ1) is 12.9. The maximum Gasteiger partial charge on any atom is 0.162 e. The predicted octanol–water partition coefficient (Wildman–Crippen LogP) is 1.56. The molecule has 2 N–H and O–H groups in total. The molecule has 1 unspecified atom stereocenters. The molecule has 18 heavy (non-hydrogen) atoms. The lowest BCUT2D eigenvalue weighted by molar-refractivity contribution is -0.119. The number of carbonyl (C=O) groups excluding carboxylic acids is 1. The maximum atomic E-state index is 12.1. The molecular weight excluding hydrogens is 248 g/mol. The molecule has 0 spiro atoms. The smallest absolute Gasteiger partial charge is 0.162 e. The summed E-state index contributed by atoms with van der Waals surface area (Å²) < 4.78 is 1.76. The first-order valence-electron chi connectivity index (χ1n) is 5.90. The molecule has 2 heterocycles. The zero-order valence-electron chi connectivity index (χ0n) is 10.2. The van der Waals surface area contributed by atoms with Gasteiger partial charge in [-0.15, -0.1) is 11.3 Å². The Morgan fingerprint density at radius 3 is 3.11 bits per heavy atom. The number of hydrogen-bond acceptors (Lipinski definition) is 5. The second-order valence-electron chi connectivity index (χ2n) is 4.04. The largest absolute Gasteiger partial charge is 0.317 e. The standard InChI is InChI=1S/C12H16N4OS/c1-2-5-16-11(14-8-15-16)7-9(17)12(13)10-4-3-6-18-10/h3-4,6,8,12H,2,5,7,13H2,1H3. The van der Waals surface area contributed by atoms with E-state index in [9.17, 15) is 4.79 Å². The maximum absolute atomic E-state index is 12.1. The molecule has 0 aromatic carbocycles. The molecule has 0 aliphatic rings. The summed E-state index contributed by atoms with van der Waals surface area (Å²) in [5.41, 5.74) is 5.93. The first-order chi connectivity index (χ1) is 8.72. The number of thiophene rings is 1. The molecule has 0 aliphatic heterocycles. The molecule has 2 rings (SSSR count). The van der Waals surface area contributed by atoms with Crippen molar-refractivity contribution in [1.29, 1.82) is 0 Å². The number of carbonyl (C=O) groups is 1. The molecule has 0 saturated carbocycles. The Morgan fingerprint density at radius 1 is 1.61 bits per heavy atom. The number of nitrogens with two attached hydrogens (primary N) is 1. The Kier molecular flexibility index (Phi) is 4.22. The fraction of sp³-hybridized carbons (Fsp3) is 0.417. The Labute approximate surface area is 110 Å². The van der Waals surface area contributed by atoms with Crippen molar-refractivity contribution in [1.82, 2.24) is 14.8 Å². The number of Topliss-reactive ketones (excluding diaryl/α,β-unsaturated/α-hetero) is 1. The highest BCUT2D eigenvalue weighted by Gasteiger charge is 2.19. The lowest BCUT2D eigenvalue weighted by atomic mass is 10.1. The summed E-state index contributed by atoms with van der Waals surface area (Å²) in [5, 5.41) is 6.01. The van der Waals surface area contributed by atoms with Crippen LogP contribution in [0.2, 0.25) is 0 Å². The van der Waals surface area contributed by atoms with Crippen molar-refractivity contribution in [3.05, 3.63) is 34.5 Å². The van der Waals surface area contributed by atoms with E-state index in [-0.39, 0.29) is 12.2 Å². The molecule has 0 bridgehead atoms. The highest BCUT2D eigenvalue weighted by molar-refractivity contribution is 7.10. The third-order valence-corrected chi connectivity index (χ3v) is 3.62. The van der Waals surface area contributed by atoms with Gasteiger partial charge in [-0.1, -0.05) is 13.0 Å². The van der Waals surface area contributed by atoms with Gasteiger partial charge in [-0.05, 0) is 17.9 Å². The van der Waals surface area contributed by atoms with Crippen molar-refractivity contribution in [2.75, 3.05) is 0 Å². The minimum Gasteiger partial charge on any atom is -0.317 e. The molecular formula is C12H16N4OS. The molecule has 96 valence electrons. The Balaban J connectivity index is 2.04. The molecule has 0 radical (unpaired) electrons. The van der Waals surface area contributed by atoms with E-state index in [1.165, 1.54) is 17.7 Å². The fourth-order valence-corrected chi connectivity index (χ4v) is 2.47. The first-order valence-corrected chi connectivity index (χ1v) is 6.78. The van der Waals surface area contributed by atoms with Crippen molar-refractivity contribution in [3.63, 3.8) is 0 Å². The predicted molar refractivity (Wildman–Crippen MR) is 70.3 cm³/mol. The van der Waals surface area contributed by atoms with Crippen LogP contribution in [0.25, 0.3) is 0 Å². The minimum absolute atomic E-state index is 0.0252. The highest BCUT2D eigenvalue weighted by atomic mass is 32.1.